The van der Waals surface area contributed by atoms with Crippen LogP contribution < -0.4 is 0 Å². The summed E-state index contributed by atoms with van der Waals surface area (Å²) in [5.74, 6) is 0.430. The van der Waals surface area contributed by atoms with Crippen LogP contribution in [0.4, 0.5) is 0 Å². The number of hydrogen-bond acceptors (Lipinski definition) is 4. The molecule has 0 aromatic carbocycles. The van der Waals surface area contributed by atoms with E-state index in [1.54, 1.807) is 0 Å². The first-order valence-corrected chi connectivity index (χ1v) is 15.9. The molecule has 0 unspecified atom stereocenters. The minimum atomic E-state index is -1.89. The molecule has 0 radical (unpaired) electrons. The maximum atomic E-state index is 12.0. The number of fused-ring (bicyclic) bond motifs is 1. The molecule has 1 saturated carbocycles. The molecule has 1 heterocycles. The summed E-state index contributed by atoms with van der Waals surface area (Å²) in [6.45, 7) is 23.3. The summed E-state index contributed by atoms with van der Waals surface area (Å²) in [7, 11) is -3.76. The average molecular weight is 401 g/mol. The smallest absolute Gasteiger partial charge is 0.306 e. The minimum absolute atomic E-state index is 0.0805. The highest BCUT2D eigenvalue weighted by Gasteiger charge is 2.53. The highest BCUT2D eigenvalue weighted by Crippen LogP contribution is 2.48. The molecule has 1 aliphatic heterocycles. The Bertz CT molecular complexity index is 531. The van der Waals surface area contributed by atoms with Crippen LogP contribution in [0.1, 0.15) is 54.4 Å². The lowest BCUT2D eigenvalue weighted by Crippen LogP contribution is -2.47. The van der Waals surface area contributed by atoms with Gasteiger partial charge in [0.1, 0.15) is 0 Å². The van der Waals surface area contributed by atoms with Gasteiger partial charge in [-0.25, -0.2) is 0 Å². The molecule has 0 aromatic heterocycles. The molecule has 6 heteroatoms. The lowest BCUT2D eigenvalue weighted by molar-refractivity contribution is -0.155. The summed E-state index contributed by atoms with van der Waals surface area (Å²) in [5, 5.41) is 0.336. The van der Waals surface area contributed by atoms with Gasteiger partial charge in [-0.3, -0.25) is 4.79 Å². The Kier molecular flexibility index (Phi) is 5.97. The van der Waals surface area contributed by atoms with Crippen molar-refractivity contribution in [1.82, 2.24) is 0 Å². The highest BCUT2D eigenvalue weighted by atomic mass is 28.4. The Morgan fingerprint density at radius 1 is 0.846 bits per heavy atom. The molecule has 0 amide bonds. The number of carbonyl (C=O) groups excluding carboxylic acids is 1. The normalized spacial score (nSPS) is 30.9. The summed E-state index contributed by atoms with van der Waals surface area (Å²) < 4.78 is 19.0. The Labute approximate surface area is 162 Å². The molecule has 0 N–H and O–H groups in total. The fourth-order valence-corrected chi connectivity index (χ4v) is 6.23. The monoisotopic (exact) mass is 400 g/mol. The summed E-state index contributed by atoms with van der Waals surface area (Å²) in [6.07, 6.45) is 1.62. The summed E-state index contributed by atoms with van der Waals surface area (Å²) >= 11 is 0. The van der Waals surface area contributed by atoms with Crippen LogP contribution in [0.3, 0.4) is 0 Å². The van der Waals surface area contributed by atoms with Gasteiger partial charge in [0, 0.05) is 11.8 Å². The molecule has 0 bridgehead atoms. The van der Waals surface area contributed by atoms with E-state index in [4.69, 9.17) is 13.6 Å². The lowest BCUT2D eigenvalue weighted by atomic mass is 9.89. The van der Waals surface area contributed by atoms with E-state index in [1.807, 2.05) is 0 Å². The van der Waals surface area contributed by atoms with E-state index < -0.39 is 16.6 Å². The minimum Gasteiger partial charge on any atom is -0.465 e. The fraction of sp³-hybridized carbons (Fsp3) is 0.950. The van der Waals surface area contributed by atoms with Crippen LogP contribution in [0.15, 0.2) is 0 Å². The van der Waals surface area contributed by atoms with Crippen LogP contribution in [0.2, 0.25) is 36.3 Å². The summed E-state index contributed by atoms with van der Waals surface area (Å²) in [4.78, 5) is 12.0. The Hall–Kier alpha value is -0.176. The van der Waals surface area contributed by atoms with Gasteiger partial charge in [-0.1, -0.05) is 41.5 Å². The second-order valence-electron chi connectivity index (χ2n) is 11.3. The van der Waals surface area contributed by atoms with Crippen molar-refractivity contribution in [2.75, 3.05) is 6.61 Å². The van der Waals surface area contributed by atoms with Crippen molar-refractivity contribution >= 4 is 22.6 Å². The molecule has 152 valence electrons. The van der Waals surface area contributed by atoms with Crippen molar-refractivity contribution in [3.8, 4) is 0 Å². The number of ether oxygens (including phenoxy) is 1. The van der Waals surface area contributed by atoms with Gasteiger partial charge < -0.3 is 13.6 Å². The number of carbonyl (C=O) groups is 1. The maximum Gasteiger partial charge on any atom is 0.306 e. The highest BCUT2D eigenvalue weighted by molar-refractivity contribution is 6.74. The Morgan fingerprint density at radius 3 is 1.69 bits per heavy atom. The zero-order valence-corrected chi connectivity index (χ0v) is 20.6. The zero-order chi connectivity index (χ0) is 20.1. The number of rotatable bonds is 4. The zero-order valence-electron chi connectivity index (χ0n) is 18.6. The van der Waals surface area contributed by atoms with Gasteiger partial charge >= 0.3 is 5.97 Å². The van der Waals surface area contributed by atoms with Gasteiger partial charge in [-0.15, -0.1) is 0 Å². The van der Waals surface area contributed by atoms with Gasteiger partial charge in [0.25, 0.3) is 0 Å². The second kappa shape index (κ2) is 7.01. The van der Waals surface area contributed by atoms with E-state index >= 15 is 0 Å². The molecular formula is C20H40O4Si2. The number of cyclic esters (lactones) is 1. The van der Waals surface area contributed by atoms with Crippen LogP contribution >= 0.6 is 0 Å². The third-order valence-electron chi connectivity index (χ3n) is 7.31. The third kappa shape index (κ3) is 4.45. The van der Waals surface area contributed by atoms with E-state index in [2.05, 4.69) is 67.7 Å². The fourth-order valence-electron chi connectivity index (χ4n) is 3.47. The number of hydrogen-bond donors (Lipinski definition) is 0. The van der Waals surface area contributed by atoms with Crippen molar-refractivity contribution in [3.05, 3.63) is 0 Å². The predicted molar refractivity (Wildman–Crippen MR) is 111 cm³/mol. The van der Waals surface area contributed by atoms with Crippen molar-refractivity contribution in [3.63, 3.8) is 0 Å². The lowest BCUT2D eigenvalue weighted by Gasteiger charge is -2.41. The van der Waals surface area contributed by atoms with Gasteiger partial charge in [-0.2, -0.15) is 0 Å². The molecule has 4 atom stereocenters. The average Bonchev–Trinajstić information content (AvgIpc) is 2.72. The predicted octanol–water partition coefficient (Wildman–Crippen LogP) is 5.35. The van der Waals surface area contributed by atoms with Gasteiger partial charge in [-0.05, 0) is 42.7 Å². The van der Waals surface area contributed by atoms with E-state index in [9.17, 15) is 4.79 Å². The van der Waals surface area contributed by atoms with E-state index in [1.165, 1.54) is 0 Å². The van der Waals surface area contributed by atoms with Gasteiger partial charge in [0.05, 0.1) is 25.2 Å². The molecule has 0 spiro atoms. The van der Waals surface area contributed by atoms with Crippen molar-refractivity contribution in [2.45, 2.75) is 103 Å². The van der Waals surface area contributed by atoms with Crippen molar-refractivity contribution in [2.24, 2.45) is 11.8 Å². The molecule has 1 aliphatic carbocycles. The van der Waals surface area contributed by atoms with Crippen LogP contribution in [0, 0.1) is 11.8 Å². The Morgan fingerprint density at radius 2 is 1.27 bits per heavy atom. The molecule has 26 heavy (non-hydrogen) atoms. The first-order chi connectivity index (χ1) is 11.6. The second-order valence-corrected chi connectivity index (χ2v) is 20.8. The Balaban J connectivity index is 2.22. The van der Waals surface area contributed by atoms with E-state index in [-0.39, 0.29) is 40.1 Å². The van der Waals surface area contributed by atoms with Crippen LogP contribution in [0.5, 0.6) is 0 Å². The topological polar surface area (TPSA) is 44.8 Å². The SMILES string of the molecule is CC(C)(C)[Si](C)(C)O[C@H]1C[C@@H](O[Si](C)(C)C(C)(C)C)[C@H]2COC(=O)C[C@H]21. The van der Waals surface area contributed by atoms with Crippen molar-refractivity contribution in [1.29, 1.82) is 0 Å². The molecule has 2 rings (SSSR count). The third-order valence-corrected chi connectivity index (χ3v) is 16.3. The summed E-state index contributed by atoms with van der Waals surface area (Å²) in [5.41, 5.74) is 0. The standard InChI is InChI=1S/C20H40O4Si2/c1-19(2,3)25(7,8)23-16-12-17(24-26(9,10)20(4,5)6)15-13-22-18(21)11-14(15)16/h14-17H,11-13H2,1-10H3/t14-,15+,16+,17-/m1/s1. The van der Waals surface area contributed by atoms with Crippen LogP contribution in [0.25, 0.3) is 0 Å². The molecule has 4 nitrogen and oxygen atoms in total. The van der Waals surface area contributed by atoms with Crippen LogP contribution in [-0.2, 0) is 18.4 Å². The molecule has 1 saturated heterocycles. The maximum absolute atomic E-state index is 12.0. The quantitative estimate of drug-likeness (QED) is 0.471. The molecular weight excluding hydrogens is 360 g/mol. The first-order valence-electron chi connectivity index (χ1n) is 10.1. The van der Waals surface area contributed by atoms with E-state index in [0.717, 1.165) is 6.42 Å². The molecule has 2 fully saturated rings. The van der Waals surface area contributed by atoms with Gasteiger partial charge in [0.15, 0.2) is 16.6 Å². The first kappa shape index (κ1) is 22.1. The van der Waals surface area contributed by atoms with Crippen LogP contribution in [-0.4, -0.2) is 41.4 Å². The number of esters is 1. The largest absolute Gasteiger partial charge is 0.465 e. The van der Waals surface area contributed by atoms with Gasteiger partial charge in [0.2, 0.25) is 0 Å². The summed E-state index contributed by atoms with van der Waals surface area (Å²) in [6, 6.07) is 0. The molecule has 0 aromatic rings. The van der Waals surface area contributed by atoms with Crippen molar-refractivity contribution < 1.29 is 18.4 Å². The molecule has 2 aliphatic rings. The van der Waals surface area contributed by atoms with E-state index in [0.29, 0.717) is 13.0 Å².